The van der Waals surface area contributed by atoms with Crippen LogP contribution in [0.15, 0.2) is 76.9 Å². The first kappa shape index (κ1) is 22.6. The Morgan fingerprint density at radius 2 is 1.64 bits per heavy atom. The summed E-state index contributed by atoms with van der Waals surface area (Å²) in [6.45, 7) is 4.44. The van der Waals surface area contributed by atoms with Gasteiger partial charge in [-0.05, 0) is 48.0 Å². The molecule has 4 aromatic rings. The number of fused-ring (bicyclic) bond motifs is 2. The number of hydrogen-bond donors (Lipinski definition) is 0. The van der Waals surface area contributed by atoms with Crippen LogP contribution >= 0.6 is 0 Å². The topological polar surface area (TPSA) is 66.8 Å². The molecule has 3 aromatic carbocycles. The number of hydrogen-bond acceptors (Lipinski definition) is 5. The Bertz CT molecular complexity index is 1420. The molecule has 7 heteroatoms. The Morgan fingerprint density at radius 1 is 0.970 bits per heavy atom. The minimum Gasteiger partial charge on any atom is -0.493 e. The molecular weight excluding hydrogens is 438 g/mol. The van der Waals surface area contributed by atoms with Crippen molar-refractivity contribution >= 4 is 32.6 Å². The second kappa shape index (κ2) is 9.50. The Morgan fingerprint density at radius 3 is 2.27 bits per heavy atom. The molecule has 0 saturated carbocycles. The van der Waals surface area contributed by atoms with Crippen LogP contribution < -0.4 is 19.6 Å². The van der Waals surface area contributed by atoms with Gasteiger partial charge in [0.2, 0.25) is 5.75 Å². The first-order chi connectivity index (χ1) is 16.0. The fourth-order valence-electron chi connectivity index (χ4n) is 3.94. The van der Waals surface area contributed by atoms with Gasteiger partial charge in [0.25, 0.3) is 0 Å². The predicted molar refractivity (Wildman–Crippen MR) is 132 cm³/mol. The molecule has 0 N–H and O–H groups in total. The van der Waals surface area contributed by atoms with Crippen LogP contribution in [0.1, 0.15) is 5.56 Å². The molecule has 170 valence electrons. The van der Waals surface area contributed by atoms with Crippen LogP contribution in [0, 0.1) is 0 Å². The first-order valence-corrected chi connectivity index (χ1v) is 11.9. The minimum absolute atomic E-state index is 0.0476. The fourth-order valence-corrected chi connectivity index (χ4v) is 4.48. The van der Waals surface area contributed by atoms with E-state index in [1.54, 1.807) is 38.7 Å². The number of rotatable bonds is 8. The van der Waals surface area contributed by atoms with E-state index < -0.39 is 10.8 Å². The molecule has 0 aliphatic heterocycles. The van der Waals surface area contributed by atoms with E-state index in [0.29, 0.717) is 46.1 Å². The summed E-state index contributed by atoms with van der Waals surface area (Å²) in [6, 6.07) is 16.6. The zero-order chi connectivity index (χ0) is 23.5. The molecule has 1 aromatic heterocycles. The van der Waals surface area contributed by atoms with Crippen molar-refractivity contribution in [1.82, 2.24) is 4.57 Å². The van der Waals surface area contributed by atoms with E-state index in [1.165, 1.54) is 0 Å². The van der Waals surface area contributed by atoms with Crippen LogP contribution in [0.4, 0.5) is 0 Å². The van der Waals surface area contributed by atoms with Crippen molar-refractivity contribution in [3.8, 4) is 17.2 Å². The van der Waals surface area contributed by atoms with Gasteiger partial charge in [0.15, 0.2) is 16.9 Å². The zero-order valence-electron chi connectivity index (χ0n) is 18.8. The van der Waals surface area contributed by atoms with Crippen molar-refractivity contribution in [2.45, 2.75) is 11.4 Å². The highest BCUT2D eigenvalue weighted by Gasteiger charge is 2.17. The van der Waals surface area contributed by atoms with Crippen LogP contribution in [0.2, 0.25) is 0 Å². The number of para-hydroxylation sites is 1. The molecule has 0 aliphatic rings. The third-order valence-electron chi connectivity index (χ3n) is 5.48. The number of pyridine rings is 1. The van der Waals surface area contributed by atoms with Gasteiger partial charge in [-0.1, -0.05) is 24.8 Å². The average Bonchev–Trinajstić information content (AvgIpc) is 2.84. The molecule has 1 heterocycles. The quantitative estimate of drug-likeness (QED) is 0.284. The Kier molecular flexibility index (Phi) is 6.51. The first-order valence-electron chi connectivity index (χ1n) is 10.4. The molecule has 0 bridgehead atoms. The van der Waals surface area contributed by atoms with Gasteiger partial charge >= 0.3 is 0 Å². The van der Waals surface area contributed by atoms with E-state index in [-0.39, 0.29) is 5.43 Å². The van der Waals surface area contributed by atoms with E-state index in [1.807, 2.05) is 42.5 Å². The van der Waals surface area contributed by atoms with E-state index in [0.717, 1.165) is 16.6 Å². The highest BCUT2D eigenvalue weighted by molar-refractivity contribution is 7.84. The van der Waals surface area contributed by atoms with E-state index in [9.17, 15) is 9.00 Å². The minimum atomic E-state index is -1.18. The normalized spacial score (nSPS) is 12.0. The average molecular weight is 464 g/mol. The van der Waals surface area contributed by atoms with E-state index >= 15 is 0 Å². The maximum atomic E-state index is 13.2. The summed E-state index contributed by atoms with van der Waals surface area (Å²) in [4.78, 5) is 13.8. The molecule has 0 saturated heterocycles. The number of nitrogens with zero attached hydrogens (tertiary/aromatic N) is 1. The molecule has 1 unspecified atom stereocenters. The van der Waals surface area contributed by atoms with Gasteiger partial charge < -0.3 is 18.8 Å². The van der Waals surface area contributed by atoms with Crippen LogP contribution in [0.5, 0.6) is 17.2 Å². The van der Waals surface area contributed by atoms with Crippen molar-refractivity contribution in [3.05, 3.63) is 83.0 Å². The second-order valence-electron chi connectivity index (χ2n) is 7.49. The van der Waals surface area contributed by atoms with E-state index in [4.69, 9.17) is 14.2 Å². The molecule has 1 atom stereocenters. The van der Waals surface area contributed by atoms with Crippen LogP contribution in [0.25, 0.3) is 21.8 Å². The highest BCUT2D eigenvalue weighted by Crippen LogP contribution is 2.39. The van der Waals surface area contributed by atoms with Crippen molar-refractivity contribution in [2.75, 3.05) is 27.1 Å². The van der Waals surface area contributed by atoms with Gasteiger partial charge in [0.1, 0.15) is 6.61 Å². The molecular formula is C26H25NO5S. The van der Waals surface area contributed by atoms with Gasteiger partial charge in [-0.15, -0.1) is 0 Å². The van der Waals surface area contributed by atoms with Crippen LogP contribution in [-0.4, -0.2) is 35.9 Å². The lowest BCUT2D eigenvalue weighted by Crippen LogP contribution is -2.13. The molecule has 33 heavy (non-hydrogen) atoms. The summed E-state index contributed by atoms with van der Waals surface area (Å²) in [6.07, 6.45) is 3.28. The van der Waals surface area contributed by atoms with Crippen LogP contribution in [0.3, 0.4) is 0 Å². The summed E-state index contributed by atoms with van der Waals surface area (Å²) in [5.41, 5.74) is 2.36. The third kappa shape index (κ3) is 4.24. The largest absolute Gasteiger partial charge is 0.493 e. The smallest absolute Gasteiger partial charge is 0.203 e. The molecule has 0 amide bonds. The third-order valence-corrected chi connectivity index (χ3v) is 6.40. The monoisotopic (exact) mass is 463 g/mol. The SMILES string of the molecule is C=CCOc1c(OC)cc(Cn2c3ccccc3c(=O)c3ccc(S(C)=O)cc32)cc1OC. The lowest BCUT2D eigenvalue weighted by atomic mass is 10.1. The molecule has 6 nitrogen and oxygen atoms in total. The maximum Gasteiger partial charge on any atom is 0.203 e. The molecule has 0 fully saturated rings. The van der Waals surface area contributed by atoms with Gasteiger partial charge in [-0.3, -0.25) is 9.00 Å². The number of ether oxygens (including phenoxy) is 3. The number of methoxy groups -OCH3 is 2. The van der Waals surface area contributed by atoms with Gasteiger partial charge in [-0.25, -0.2) is 0 Å². The summed E-state index contributed by atoms with van der Waals surface area (Å²) in [7, 11) is 1.97. The van der Waals surface area contributed by atoms with Gasteiger partial charge in [0, 0.05) is 39.3 Å². The summed E-state index contributed by atoms with van der Waals surface area (Å²) < 4.78 is 31.1. The van der Waals surface area contributed by atoms with E-state index in [2.05, 4.69) is 11.1 Å². The summed E-state index contributed by atoms with van der Waals surface area (Å²) in [5.74, 6) is 1.58. The Hall–Kier alpha value is -3.58. The second-order valence-corrected chi connectivity index (χ2v) is 8.87. The lowest BCUT2D eigenvalue weighted by Gasteiger charge is -2.19. The maximum absolute atomic E-state index is 13.2. The van der Waals surface area contributed by atoms with Crippen molar-refractivity contribution in [1.29, 1.82) is 0 Å². The predicted octanol–water partition coefficient (Wildman–Crippen LogP) is 4.52. The van der Waals surface area contributed by atoms with Gasteiger partial charge in [-0.2, -0.15) is 0 Å². The van der Waals surface area contributed by atoms with Crippen molar-refractivity contribution < 1.29 is 18.4 Å². The zero-order valence-corrected chi connectivity index (χ0v) is 19.6. The highest BCUT2D eigenvalue weighted by atomic mass is 32.2. The number of benzene rings is 3. The van der Waals surface area contributed by atoms with Gasteiger partial charge in [0.05, 0.1) is 25.3 Å². The number of aromatic nitrogens is 1. The molecule has 0 aliphatic carbocycles. The van der Waals surface area contributed by atoms with Crippen molar-refractivity contribution in [3.63, 3.8) is 0 Å². The fraction of sp³-hybridized carbons (Fsp3) is 0.192. The molecule has 0 spiro atoms. The lowest BCUT2D eigenvalue weighted by molar-refractivity contribution is 0.300. The molecule has 4 rings (SSSR count). The standard InChI is InChI=1S/C26H25NO5S/c1-5-12-32-26-23(30-2)13-17(14-24(26)31-3)16-27-21-9-7-6-8-19(21)25(28)20-11-10-18(33(4)29)15-22(20)27/h5-11,13-15H,1,12,16H2,2-4H3. The summed E-state index contributed by atoms with van der Waals surface area (Å²) in [5, 5.41) is 1.20. The molecule has 0 radical (unpaired) electrons. The van der Waals surface area contributed by atoms with Crippen LogP contribution in [-0.2, 0) is 17.3 Å². The Labute approximate surface area is 194 Å². The van der Waals surface area contributed by atoms with Crippen molar-refractivity contribution in [2.24, 2.45) is 0 Å². The Balaban J connectivity index is 1.96. The summed E-state index contributed by atoms with van der Waals surface area (Å²) >= 11 is 0.